The van der Waals surface area contributed by atoms with Crippen molar-refractivity contribution in [3.8, 4) is 5.88 Å². The first-order chi connectivity index (χ1) is 8.24. The van der Waals surface area contributed by atoms with Gasteiger partial charge < -0.3 is 9.57 Å². The van der Waals surface area contributed by atoms with Gasteiger partial charge in [0.25, 0.3) is 0 Å². The molecule has 0 bridgehead atoms. The lowest BCUT2D eigenvalue weighted by Crippen LogP contribution is -2.09. The van der Waals surface area contributed by atoms with Gasteiger partial charge in [-0.05, 0) is 6.07 Å². The van der Waals surface area contributed by atoms with Crippen LogP contribution < -0.4 is 9.57 Å². The number of rotatable bonds is 4. The van der Waals surface area contributed by atoms with Crippen LogP contribution >= 0.6 is 0 Å². The number of hydrogen-bond donors (Lipinski definition) is 0. The summed E-state index contributed by atoms with van der Waals surface area (Å²) in [5, 5.41) is 0.628. The molecule has 1 heterocycles. The summed E-state index contributed by atoms with van der Waals surface area (Å²) in [5.41, 5.74) is 0.900. The second-order valence-corrected chi connectivity index (χ2v) is 3.36. The Morgan fingerprint density at radius 1 is 1.29 bits per heavy atom. The molecule has 0 N–H and O–H groups in total. The molecule has 0 aliphatic heterocycles. The van der Waals surface area contributed by atoms with E-state index < -0.39 is 5.78 Å². The molecule has 0 aliphatic rings. The summed E-state index contributed by atoms with van der Waals surface area (Å²) >= 11 is 0. The van der Waals surface area contributed by atoms with E-state index in [1.807, 2.05) is 6.07 Å². The summed E-state index contributed by atoms with van der Waals surface area (Å²) in [6.07, 6.45) is 0.268. The minimum absolute atomic E-state index is 0.222. The quantitative estimate of drug-likeness (QED) is 0.450. The lowest BCUT2D eigenvalue weighted by Gasteiger charge is -2.06. The van der Waals surface area contributed by atoms with Crippen molar-refractivity contribution in [2.24, 2.45) is 0 Å². The summed E-state index contributed by atoms with van der Waals surface area (Å²) in [6.45, 7) is 0. The molecule has 0 saturated carbocycles. The van der Waals surface area contributed by atoms with Crippen LogP contribution in [0.2, 0.25) is 0 Å². The van der Waals surface area contributed by atoms with Gasteiger partial charge in [-0.1, -0.05) is 18.2 Å². The van der Waals surface area contributed by atoms with Crippen molar-refractivity contribution in [1.29, 1.82) is 0 Å². The summed E-state index contributed by atoms with van der Waals surface area (Å²) in [5.74, 6) is -0.403. The molecule has 0 amide bonds. The van der Waals surface area contributed by atoms with Crippen LogP contribution in [-0.2, 0) is 4.79 Å². The predicted octanol–water partition coefficient (Wildman–Crippen LogP) is 1.09. The predicted molar refractivity (Wildman–Crippen MR) is 61.4 cm³/mol. The van der Waals surface area contributed by atoms with E-state index in [9.17, 15) is 9.59 Å². The van der Waals surface area contributed by atoms with Gasteiger partial charge in [-0.25, -0.2) is 0 Å². The molecule has 5 nitrogen and oxygen atoms in total. The lowest BCUT2D eigenvalue weighted by atomic mass is 10.1. The number of carbonyl (C=O) groups excluding carboxylic acids is 2. The van der Waals surface area contributed by atoms with E-state index in [2.05, 4.69) is 0 Å². The van der Waals surface area contributed by atoms with Crippen molar-refractivity contribution in [2.45, 2.75) is 0 Å². The Hall–Kier alpha value is -2.30. The van der Waals surface area contributed by atoms with Crippen LogP contribution in [-0.4, -0.2) is 31.0 Å². The zero-order valence-electron chi connectivity index (χ0n) is 9.47. The molecular weight excluding hydrogens is 222 g/mol. The fourth-order valence-corrected chi connectivity index (χ4v) is 1.85. The number of benzene rings is 1. The van der Waals surface area contributed by atoms with Crippen molar-refractivity contribution in [1.82, 2.24) is 4.73 Å². The number of Topliss-reactive ketones (excluding diaryl/α,β-unsaturated/α-hetero) is 1. The summed E-state index contributed by atoms with van der Waals surface area (Å²) in [4.78, 5) is 27.4. The molecule has 88 valence electrons. The Kier molecular flexibility index (Phi) is 2.82. The largest absolute Gasteiger partial charge is 0.480 e. The Morgan fingerprint density at radius 3 is 2.59 bits per heavy atom. The second-order valence-electron chi connectivity index (χ2n) is 3.36. The second kappa shape index (κ2) is 4.29. The molecule has 0 fully saturated rings. The number of para-hydroxylation sites is 1. The van der Waals surface area contributed by atoms with Crippen LogP contribution in [0.5, 0.6) is 5.88 Å². The normalized spacial score (nSPS) is 10.2. The molecule has 2 aromatic rings. The summed E-state index contributed by atoms with van der Waals surface area (Å²) in [7, 11) is 2.88. The first-order valence-electron chi connectivity index (χ1n) is 4.96. The van der Waals surface area contributed by atoms with Crippen LogP contribution in [0, 0.1) is 0 Å². The molecule has 1 aromatic heterocycles. The van der Waals surface area contributed by atoms with Crippen LogP contribution in [0.4, 0.5) is 0 Å². The number of carbonyl (C=O) groups is 2. The zero-order chi connectivity index (χ0) is 12.4. The number of nitrogens with zero attached hydrogens (tertiary/aromatic N) is 1. The van der Waals surface area contributed by atoms with Gasteiger partial charge in [0.1, 0.15) is 7.11 Å². The lowest BCUT2D eigenvalue weighted by molar-refractivity contribution is -0.104. The van der Waals surface area contributed by atoms with Crippen molar-refractivity contribution in [3.05, 3.63) is 29.8 Å². The van der Waals surface area contributed by atoms with Gasteiger partial charge in [0, 0.05) is 5.39 Å². The van der Waals surface area contributed by atoms with E-state index in [1.54, 1.807) is 18.2 Å². The topological polar surface area (TPSA) is 57.5 Å². The number of aldehydes is 1. The molecule has 0 atom stereocenters. The van der Waals surface area contributed by atoms with E-state index in [0.29, 0.717) is 10.9 Å². The number of aromatic nitrogens is 1. The molecule has 1 aromatic carbocycles. The number of fused-ring (bicyclic) bond motifs is 1. The van der Waals surface area contributed by atoms with E-state index in [-0.39, 0.29) is 17.7 Å². The third-order valence-electron chi connectivity index (χ3n) is 2.52. The van der Waals surface area contributed by atoms with Crippen LogP contribution in [0.25, 0.3) is 10.9 Å². The molecule has 0 radical (unpaired) electrons. The molecule has 0 spiro atoms. The molecule has 0 unspecified atom stereocenters. The Balaban J connectivity index is 2.88. The van der Waals surface area contributed by atoms with Gasteiger partial charge >= 0.3 is 0 Å². The standard InChI is InChI=1S/C12H11NO4/c1-16-12-11(10(15)7-14)8-5-3-4-6-9(8)13(12)17-2/h3-7H,1-2H3. The monoisotopic (exact) mass is 233 g/mol. The fourth-order valence-electron chi connectivity index (χ4n) is 1.85. The van der Waals surface area contributed by atoms with Gasteiger partial charge in [0.05, 0.1) is 18.2 Å². The third-order valence-corrected chi connectivity index (χ3v) is 2.52. The van der Waals surface area contributed by atoms with Crippen LogP contribution in [0.15, 0.2) is 24.3 Å². The highest BCUT2D eigenvalue weighted by atomic mass is 16.7. The first-order valence-corrected chi connectivity index (χ1v) is 4.96. The van der Waals surface area contributed by atoms with Crippen molar-refractivity contribution >= 4 is 23.0 Å². The summed E-state index contributed by atoms with van der Waals surface area (Å²) in [6, 6.07) is 7.11. The average molecular weight is 233 g/mol. The minimum Gasteiger partial charge on any atom is -0.480 e. The van der Waals surface area contributed by atoms with Gasteiger partial charge in [0.2, 0.25) is 11.7 Å². The van der Waals surface area contributed by atoms with Crippen molar-refractivity contribution in [3.63, 3.8) is 0 Å². The molecular formula is C12H11NO4. The molecule has 2 rings (SSSR count). The van der Waals surface area contributed by atoms with Gasteiger partial charge in [0.15, 0.2) is 6.29 Å². The van der Waals surface area contributed by atoms with E-state index in [1.165, 1.54) is 19.0 Å². The maximum Gasteiger partial charge on any atom is 0.239 e. The molecule has 5 heteroatoms. The number of hydrogen-bond acceptors (Lipinski definition) is 4. The van der Waals surface area contributed by atoms with Crippen LogP contribution in [0.3, 0.4) is 0 Å². The molecule has 0 aliphatic carbocycles. The van der Waals surface area contributed by atoms with E-state index in [0.717, 1.165) is 0 Å². The van der Waals surface area contributed by atoms with Gasteiger partial charge in [-0.2, -0.15) is 0 Å². The maximum atomic E-state index is 11.6. The maximum absolute atomic E-state index is 11.6. The highest BCUT2D eigenvalue weighted by Crippen LogP contribution is 2.30. The smallest absolute Gasteiger partial charge is 0.239 e. The molecule has 0 saturated heterocycles. The van der Waals surface area contributed by atoms with Crippen molar-refractivity contribution in [2.75, 3.05) is 14.2 Å². The summed E-state index contributed by atoms with van der Waals surface area (Å²) < 4.78 is 6.51. The fraction of sp³-hybridized carbons (Fsp3) is 0.167. The van der Waals surface area contributed by atoms with Gasteiger partial charge in [-0.3, -0.25) is 9.59 Å². The Bertz CT molecular complexity index is 585. The SMILES string of the molecule is COc1c(C(=O)C=O)c2ccccc2n1OC. The van der Waals surface area contributed by atoms with E-state index in [4.69, 9.17) is 9.57 Å². The Labute approximate surface area is 97.5 Å². The third kappa shape index (κ3) is 1.56. The molecule has 17 heavy (non-hydrogen) atoms. The Morgan fingerprint density at radius 2 is 2.00 bits per heavy atom. The first kappa shape index (κ1) is 11.2. The zero-order valence-corrected chi connectivity index (χ0v) is 9.47. The highest BCUT2D eigenvalue weighted by Gasteiger charge is 2.23. The minimum atomic E-state index is -0.631. The number of ether oxygens (including phenoxy) is 1. The average Bonchev–Trinajstić information content (AvgIpc) is 2.71. The van der Waals surface area contributed by atoms with Crippen LogP contribution in [0.1, 0.15) is 10.4 Å². The number of methoxy groups -OCH3 is 1. The van der Waals surface area contributed by atoms with Gasteiger partial charge in [-0.15, -0.1) is 4.73 Å². The number of ketones is 1. The van der Waals surface area contributed by atoms with E-state index >= 15 is 0 Å². The van der Waals surface area contributed by atoms with Crippen molar-refractivity contribution < 1.29 is 19.2 Å². The highest BCUT2D eigenvalue weighted by molar-refractivity contribution is 6.37.